The molecule has 0 aliphatic carbocycles. The topological polar surface area (TPSA) is 58.1 Å². The van der Waals surface area contributed by atoms with Crippen molar-refractivity contribution in [3.63, 3.8) is 0 Å². The van der Waals surface area contributed by atoms with E-state index in [9.17, 15) is 9.18 Å². The van der Waals surface area contributed by atoms with Crippen LogP contribution in [0.4, 0.5) is 9.18 Å². The van der Waals surface area contributed by atoms with Crippen molar-refractivity contribution < 1.29 is 9.18 Å². The molecule has 24 heavy (non-hydrogen) atoms. The molecule has 1 aliphatic rings. The predicted octanol–water partition coefficient (Wildman–Crippen LogP) is 2.49. The molecule has 0 bridgehead atoms. The number of pyridine rings is 2. The summed E-state index contributed by atoms with van der Waals surface area (Å²) in [6.45, 7) is 3.98. The molecule has 0 radical (unpaired) electrons. The first-order valence-corrected chi connectivity index (χ1v) is 7.51. The molecular formula is C18H17FN4O. The summed E-state index contributed by atoms with van der Waals surface area (Å²) in [4.78, 5) is 21.7. The van der Waals surface area contributed by atoms with Crippen molar-refractivity contribution >= 4 is 6.03 Å². The number of nitrogens with one attached hydrogen (secondary N) is 1. The number of carbonyl (C=O) groups is 1. The van der Waals surface area contributed by atoms with E-state index in [1.807, 2.05) is 26.0 Å². The standard InChI is InChI=1S/C18H17FN4O/c1-18(2)16(22-17(24)23(18)3)15-7-6-12(10-21-15)4-5-13-8-14(19)11-20-9-13/h6-11,16H,1-3H3,(H,22,24). The van der Waals surface area contributed by atoms with Crippen LogP contribution in [-0.4, -0.2) is 33.5 Å². The van der Waals surface area contributed by atoms with Crippen LogP contribution < -0.4 is 5.32 Å². The van der Waals surface area contributed by atoms with Gasteiger partial charge in [-0.1, -0.05) is 11.8 Å². The normalized spacial score (nSPS) is 18.8. The molecule has 1 saturated heterocycles. The third-order valence-electron chi connectivity index (χ3n) is 4.28. The van der Waals surface area contributed by atoms with Crippen molar-refractivity contribution in [3.05, 3.63) is 59.4 Å². The van der Waals surface area contributed by atoms with E-state index in [0.29, 0.717) is 11.1 Å². The van der Waals surface area contributed by atoms with Crippen LogP contribution in [0.15, 0.2) is 36.8 Å². The Kier molecular flexibility index (Phi) is 3.94. The highest BCUT2D eigenvalue weighted by Crippen LogP contribution is 2.34. The Balaban J connectivity index is 1.81. The van der Waals surface area contributed by atoms with Crippen molar-refractivity contribution in [2.24, 2.45) is 0 Å². The summed E-state index contributed by atoms with van der Waals surface area (Å²) in [5.74, 6) is 5.36. The Morgan fingerprint density at radius 3 is 2.54 bits per heavy atom. The van der Waals surface area contributed by atoms with Crippen molar-refractivity contribution in [1.82, 2.24) is 20.2 Å². The highest BCUT2D eigenvalue weighted by atomic mass is 19.1. The zero-order valence-corrected chi connectivity index (χ0v) is 13.7. The van der Waals surface area contributed by atoms with Crippen LogP contribution in [0.5, 0.6) is 0 Å². The maximum atomic E-state index is 13.1. The summed E-state index contributed by atoms with van der Waals surface area (Å²) in [5, 5.41) is 2.93. The first-order valence-electron chi connectivity index (χ1n) is 7.51. The fourth-order valence-corrected chi connectivity index (χ4v) is 2.56. The summed E-state index contributed by atoms with van der Waals surface area (Å²) in [6.07, 6.45) is 4.29. The van der Waals surface area contributed by atoms with Crippen LogP contribution in [0.1, 0.15) is 36.7 Å². The van der Waals surface area contributed by atoms with E-state index in [2.05, 4.69) is 27.1 Å². The van der Waals surface area contributed by atoms with E-state index in [1.54, 1.807) is 18.1 Å². The third-order valence-corrected chi connectivity index (χ3v) is 4.28. The molecule has 1 unspecified atom stereocenters. The Morgan fingerprint density at radius 2 is 1.96 bits per heavy atom. The van der Waals surface area contributed by atoms with Crippen LogP contribution in [0.2, 0.25) is 0 Å². The van der Waals surface area contributed by atoms with Gasteiger partial charge in [0.2, 0.25) is 0 Å². The van der Waals surface area contributed by atoms with E-state index in [0.717, 1.165) is 11.9 Å². The van der Waals surface area contributed by atoms with Gasteiger partial charge in [0, 0.05) is 30.6 Å². The van der Waals surface area contributed by atoms with Crippen LogP contribution in [0.3, 0.4) is 0 Å². The van der Waals surface area contributed by atoms with Gasteiger partial charge in [0.15, 0.2) is 0 Å². The molecular weight excluding hydrogens is 307 g/mol. The molecule has 122 valence electrons. The molecule has 1 fully saturated rings. The highest BCUT2D eigenvalue weighted by Gasteiger charge is 2.45. The number of carbonyl (C=O) groups excluding carboxylic acids is 1. The number of likely N-dealkylation sites (N-methyl/N-ethyl adjacent to an activating group) is 1. The van der Waals surface area contributed by atoms with Crippen LogP contribution in [0.25, 0.3) is 0 Å². The maximum absolute atomic E-state index is 13.1. The zero-order valence-electron chi connectivity index (χ0n) is 13.7. The van der Waals surface area contributed by atoms with Gasteiger partial charge >= 0.3 is 6.03 Å². The average Bonchev–Trinajstić information content (AvgIpc) is 2.77. The molecule has 2 aromatic heterocycles. The van der Waals surface area contributed by atoms with E-state index in [1.165, 1.54) is 12.3 Å². The lowest BCUT2D eigenvalue weighted by Crippen LogP contribution is -2.40. The molecule has 1 N–H and O–H groups in total. The van der Waals surface area contributed by atoms with Crippen molar-refractivity contribution in [1.29, 1.82) is 0 Å². The molecule has 0 saturated carbocycles. The fourth-order valence-electron chi connectivity index (χ4n) is 2.56. The number of halogens is 1. The van der Waals surface area contributed by atoms with Gasteiger partial charge in [0.1, 0.15) is 5.82 Å². The molecule has 3 heterocycles. The average molecular weight is 324 g/mol. The van der Waals surface area contributed by atoms with Crippen molar-refractivity contribution in [2.45, 2.75) is 25.4 Å². The summed E-state index contributed by atoms with van der Waals surface area (Å²) in [6, 6.07) is 4.70. The van der Waals surface area contributed by atoms with E-state index >= 15 is 0 Å². The van der Waals surface area contributed by atoms with Gasteiger partial charge in [0.25, 0.3) is 0 Å². The van der Waals surface area contributed by atoms with Crippen LogP contribution >= 0.6 is 0 Å². The minimum Gasteiger partial charge on any atom is -0.327 e. The largest absolute Gasteiger partial charge is 0.327 e. The Hall–Kier alpha value is -2.94. The number of rotatable bonds is 1. The van der Waals surface area contributed by atoms with Crippen LogP contribution in [-0.2, 0) is 0 Å². The second-order valence-corrected chi connectivity index (χ2v) is 6.21. The maximum Gasteiger partial charge on any atom is 0.318 e. The van der Waals surface area contributed by atoms with E-state index in [4.69, 9.17) is 0 Å². The van der Waals surface area contributed by atoms with Gasteiger partial charge in [-0.3, -0.25) is 9.97 Å². The summed E-state index contributed by atoms with van der Waals surface area (Å²) in [5.41, 5.74) is 1.61. The molecule has 1 atom stereocenters. The lowest BCUT2D eigenvalue weighted by molar-refractivity contribution is 0.187. The second-order valence-electron chi connectivity index (χ2n) is 6.21. The van der Waals surface area contributed by atoms with Gasteiger partial charge < -0.3 is 10.2 Å². The Morgan fingerprint density at radius 1 is 1.21 bits per heavy atom. The zero-order chi connectivity index (χ0) is 17.3. The Labute approximate surface area is 139 Å². The van der Waals surface area contributed by atoms with Crippen molar-refractivity contribution in [2.75, 3.05) is 7.05 Å². The highest BCUT2D eigenvalue weighted by molar-refractivity contribution is 5.78. The number of amides is 2. The number of nitrogens with zero attached hydrogens (tertiary/aromatic N) is 3. The molecule has 0 spiro atoms. The first kappa shape index (κ1) is 15.9. The third kappa shape index (κ3) is 2.93. The molecule has 6 heteroatoms. The number of urea groups is 1. The van der Waals surface area contributed by atoms with Gasteiger partial charge in [-0.2, -0.15) is 0 Å². The molecule has 2 aromatic rings. The number of hydrogen-bond acceptors (Lipinski definition) is 3. The lowest BCUT2D eigenvalue weighted by atomic mass is 9.92. The van der Waals surface area contributed by atoms with Gasteiger partial charge in [0.05, 0.1) is 23.5 Å². The molecule has 0 aromatic carbocycles. The number of hydrogen-bond donors (Lipinski definition) is 1. The SMILES string of the molecule is CN1C(=O)NC(c2ccc(C#Cc3cncc(F)c3)cn2)C1(C)C. The fraction of sp³-hybridized carbons (Fsp3) is 0.278. The molecule has 3 rings (SSSR count). The summed E-state index contributed by atoms with van der Waals surface area (Å²) < 4.78 is 13.1. The van der Waals surface area contributed by atoms with Gasteiger partial charge in [-0.05, 0) is 32.0 Å². The van der Waals surface area contributed by atoms with Crippen LogP contribution in [0, 0.1) is 17.7 Å². The predicted molar refractivity (Wildman–Crippen MR) is 87.5 cm³/mol. The monoisotopic (exact) mass is 324 g/mol. The molecule has 5 nitrogen and oxygen atoms in total. The molecule has 2 amide bonds. The molecule has 1 aliphatic heterocycles. The Bertz CT molecular complexity index is 836. The van der Waals surface area contributed by atoms with E-state index in [-0.39, 0.29) is 17.6 Å². The van der Waals surface area contributed by atoms with Crippen molar-refractivity contribution in [3.8, 4) is 11.8 Å². The minimum atomic E-state index is -0.418. The van der Waals surface area contributed by atoms with Gasteiger partial charge in [-0.15, -0.1) is 0 Å². The second kappa shape index (κ2) is 5.93. The lowest BCUT2D eigenvalue weighted by Gasteiger charge is -2.30. The minimum absolute atomic E-state index is 0.116. The quantitative estimate of drug-likeness (QED) is 0.820. The van der Waals surface area contributed by atoms with Gasteiger partial charge in [-0.25, -0.2) is 9.18 Å². The smallest absolute Gasteiger partial charge is 0.318 e. The first-order chi connectivity index (χ1) is 11.4. The summed E-state index contributed by atoms with van der Waals surface area (Å²) >= 11 is 0. The van der Waals surface area contributed by atoms with E-state index < -0.39 is 5.82 Å². The number of aromatic nitrogens is 2. The summed E-state index contributed by atoms with van der Waals surface area (Å²) in [7, 11) is 1.77.